The number of pyridine rings is 1. The minimum Gasteiger partial charge on any atom is -0.202 e. The van der Waals surface area contributed by atoms with E-state index in [0.717, 1.165) is 0 Å². The highest BCUT2D eigenvalue weighted by Gasteiger charge is 2.15. The summed E-state index contributed by atoms with van der Waals surface area (Å²) in [5.41, 5.74) is 3.37. The van der Waals surface area contributed by atoms with Crippen LogP contribution in [0.5, 0.6) is 0 Å². The Balaban J connectivity index is 2.31. The summed E-state index contributed by atoms with van der Waals surface area (Å²) in [4.78, 5) is 0. The van der Waals surface area contributed by atoms with Crippen LogP contribution in [0.2, 0.25) is 0 Å². The van der Waals surface area contributed by atoms with Gasteiger partial charge >= 0.3 is 0 Å². The zero-order chi connectivity index (χ0) is 40.1. The van der Waals surface area contributed by atoms with Crippen molar-refractivity contribution in [2.75, 3.05) is 0 Å². The number of hydrogen-bond donors (Lipinski definition) is 0. The first-order chi connectivity index (χ1) is 27.8. The van der Waals surface area contributed by atoms with Crippen LogP contribution in [0.4, 0.5) is 0 Å². The van der Waals surface area contributed by atoms with Gasteiger partial charge in [0.15, 0.2) is 11.9 Å². The van der Waals surface area contributed by atoms with Crippen LogP contribution >= 0.6 is 0 Å². The minimum absolute atomic E-state index is 1.23. The molecular formula is C55H106N+. The third-order valence-electron chi connectivity index (χ3n) is 13.1. The van der Waals surface area contributed by atoms with Crippen LogP contribution < -0.4 is 4.57 Å². The van der Waals surface area contributed by atoms with Crippen molar-refractivity contribution in [2.45, 2.75) is 323 Å². The second-order valence-corrected chi connectivity index (χ2v) is 18.7. The van der Waals surface area contributed by atoms with E-state index in [4.69, 9.17) is 0 Å². The molecule has 0 radical (unpaired) electrons. The van der Waals surface area contributed by atoms with E-state index < -0.39 is 0 Å². The quantitative estimate of drug-likeness (QED) is 0.0458. The number of aryl methyl sites for hydroxylation is 2. The fourth-order valence-electron chi connectivity index (χ4n) is 9.20. The molecule has 1 rings (SSSR count). The van der Waals surface area contributed by atoms with E-state index in [-0.39, 0.29) is 0 Å². The number of unbranched alkanes of at least 4 members (excludes halogenated alkanes) is 41. The Bertz CT molecular complexity index is 874. The van der Waals surface area contributed by atoms with Gasteiger partial charge in [-0.25, -0.2) is 4.57 Å². The van der Waals surface area contributed by atoms with E-state index >= 15 is 0 Å². The summed E-state index contributed by atoms with van der Waals surface area (Å²) < 4.78 is 2.70. The summed E-state index contributed by atoms with van der Waals surface area (Å²) in [6, 6.07) is 4.87. The van der Waals surface area contributed by atoms with Gasteiger partial charge in [-0.3, -0.25) is 0 Å². The van der Waals surface area contributed by atoms with Crippen LogP contribution in [0.15, 0.2) is 18.3 Å². The Morgan fingerprint density at radius 1 is 0.286 bits per heavy atom. The molecule has 1 nitrogen and oxygen atoms in total. The highest BCUT2D eigenvalue weighted by atomic mass is 15.0. The third-order valence-corrected chi connectivity index (χ3v) is 13.1. The van der Waals surface area contributed by atoms with Crippen LogP contribution in [0, 0.1) is 0 Å². The monoisotopic (exact) mass is 781 g/mol. The second kappa shape index (κ2) is 45.2. The lowest BCUT2D eigenvalue weighted by atomic mass is 9.99. The van der Waals surface area contributed by atoms with Gasteiger partial charge in [0.2, 0.25) is 0 Å². The lowest BCUT2D eigenvalue weighted by molar-refractivity contribution is -0.705. The summed E-state index contributed by atoms with van der Waals surface area (Å²) in [5, 5.41) is 0. The van der Waals surface area contributed by atoms with Crippen molar-refractivity contribution >= 4 is 0 Å². The first-order valence-corrected chi connectivity index (χ1v) is 26.8. The number of aromatic nitrogens is 1. The third kappa shape index (κ3) is 36.2. The highest BCUT2D eigenvalue weighted by Crippen LogP contribution is 2.19. The van der Waals surface area contributed by atoms with Crippen LogP contribution in [0.25, 0.3) is 0 Å². The molecule has 0 atom stereocenters. The second-order valence-electron chi connectivity index (χ2n) is 18.7. The van der Waals surface area contributed by atoms with Gasteiger partial charge in [-0.2, -0.15) is 0 Å². The van der Waals surface area contributed by atoms with Crippen LogP contribution in [0.3, 0.4) is 0 Å². The van der Waals surface area contributed by atoms with E-state index in [0.29, 0.717) is 0 Å². The standard InChI is InChI=1S/C55H106N/c1-4-7-10-13-16-19-22-25-27-29-31-33-36-39-42-45-49-54-50-48-53-56(52-47-44-41-38-35-24-21-18-15-12-9-6-3)55(54)51-46-43-40-37-34-32-30-28-26-23-20-17-14-11-8-5-2/h48,50,53H,4-47,49,51-52H2,1-3H3/q+1. The Labute approximate surface area is 355 Å². The lowest BCUT2D eigenvalue weighted by Crippen LogP contribution is -2.39. The molecule has 1 aromatic heterocycles. The van der Waals surface area contributed by atoms with E-state index in [9.17, 15) is 0 Å². The minimum atomic E-state index is 1.23. The van der Waals surface area contributed by atoms with E-state index in [1.54, 1.807) is 11.3 Å². The zero-order valence-electron chi connectivity index (χ0n) is 39.4. The van der Waals surface area contributed by atoms with Crippen molar-refractivity contribution < 1.29 is 4.57 Å². The largest absolute Gasteiger partial charge is 0.202 e. The van der Waals surface area contributed by atoms with Gasteiger partial charge in [-0.05, 0) is 31.7 Å². The summed E-state index contributed by atoms with van der Waals surface area (Å²) in [6.07, 6.45) is 68.7. The molecule has 56 heavy (non-hydrogen) atoms. The van der Waals surface area contributed by atoms with Gasteiger partial charge in [0.1, 0.15) is 6.54 Å². The molecule has 0 unspecified atom stereocenters. The molecule has 0 amide bonds. The van der Waals surface area contributed by atoms with Gasteiger partial charge in [0.25, 0.3) is 0 Å². The van der Waals surface area contributed by atoms with Gasteiger partial charge < -0.3 is 0 Å². The van der Waals surface area contributed by atoms with E-state index in [1.165, 1.54) is 302 Å². The fraction of sp³-hybridized carbons (Fsp3) is 0.909. The van der Waals surface area contributed by atoms with E-state index in [1.807, 2.05) is 0 Å². The molecule has 1 heteroatoms. The maximum absolute atomic E-state index is 2.70. The smallest absolute Gasteiger partial charge is 0.184 e. The number of nitrogens with zero attached hydrogens (tertiary/aromatic N) is 1. The van der Waals surface area contributed by atoms with Crippen molar-refractivity contribution in [1.29, 1.82) is 0 Å². The topological polar surface area (TPSA) is 3.88 Å². The Hall–Kier alpha value is -0.850. The molecule has 330 valence electrons. The predicted molar refractivity (Wildman–Crippen MR) is 254 cm³/mol. The maximum atomic E-state index is 2.70. The molecule has 1 heterocycles. The molecule has 0 saturated heterocycles. The average Bonchev–Trinajstić information content (AvgIpc) is 3.21. The average molecular weight is 781 g/mol. The summed E-state index contributed by atoms with van der Waals surface area (Å²) >= 11 is 0. The first-order valence-electron chi connectivity index (χ1n) is 26.8. The molecule has 0 N–H and O–H groups in total. The molecule has 1 aromatic rings. The highest BCUT2D eigenvalue weighted by molar-refractivity contribution is 5.16. The lowest BCUT2D eigenvalue weighted by Gasteiger charge is -2.11. The van der Waals surface area contributed by atoms with Gasteiger partial charge in [-0.15, -0.1) is 0 Å². The van der Waals surface area contributed by atoms with Crippen molar-refractivity contribution in [3.05, 3.63) is 29.6 Å². The molecule has 0 spiro atoms. The molecule has 0 aromatic carbocycles. The van der Waals surface area contributed by atoms with Crippen LogP contribution in [-0.4, -0.2) is 0 Å². The molecule has 0 aliphatic carbocycles. The van der Waals surface area contributed by atoms with Gasteiger partial charge in [-0.1, -0.05) is 278 Å². The molecule has 0 saturated carbocycles. The fourth-order valence-corrected chi connectivity index (χ4v) is 9.20. The van der Waals surface area contributed by atoms with E-state index in [2.05, 4.69) is 43.7 Å². The number of rotatable bonds is 47. The molecule has 0 aliphatic rings. The molecule has 0 fully saturated rings. The SMILES string of the molecule is CCCCCCCCCCCCCCCCCCc1ccc[n+](CCCCCCCCCCCCCC)c1CCCCCCCCCCCCCCCCCC. The van der Waals surface area contributed by atoms with Crippen molar-refractivity contribution in [3.8, 4) is 0 Å². The van der Waals surface area contributed by atoms with Crippen LogP contribution in [-0.2, 0) is 19.4 Å². The van der Waals surface area contributed by atoms with Gasteiger partial charge in [0.05, 0.1) is 0 Å². The summed E-state index contributed by atoms with van der Waals surface area (Å²) in [5.74, 6) is 0. The van der Waals surface area contributed by atoms with Crippen LogP contribution in [0.1, 0.15) is 315 Å². The van der Waals surface area contributed by atoms with Gasteiger partial charge in [0, 0.05) is 24.5 Å². The Kier molecular flexibility index (Phi) is 43.0. The summed E-state index contributed by atoms with van der Waals surface area (Å²) in [7, 11) is 0. The summed E-state index contributed by atoms with van der Waals surface area (Å²) in [6.45, 7) is 8.19. The molecular weight excluding hydrogens is 675 g/mol. The predicted octanol–water partition coefficient (Wildman–Crippen LogP) is 19.3. The Morgan fingerprint density at radius 3 is 0.839 bits per heavy atom. The molecule has 0 bridgehead atoms. The number of hydrogen-bond acceptors (Lipinski definition) is 0. The van der Waals surface area contributed by atoms with Crippen molar-refractivity contribution in [2.24, 2.45) is 0 Å². The van der Waals surface area contributed by atoms with Crippen molar-refractivity contribution in [3.63, 3.8) is 0 Å². The van der Waals surface area contributed by atoms with Crippen molar-refractivity contribution in [1.82, 2.24) is 0 Å². The molecule has 0 aliphatic heterocycles. The zero-order valence-corrected chi connectivity index (χ0v) is 39.4. The first kappa shape index (κ1) is 53.2. The Morgan fingerprint density at radius 2 is 0.536 bits per heavy atom. The maximum Gasteiger partial charge on any atom is 0.184 e. The normalized spacial score (nSPS) is 11.6.